The maximum absolute atomic E-state index is 12.8. The molecule has 0 spiro atoms. The smallest absolute Gasteiger partial charge is 0.306 e. The van der Waals surface area contributed by atoms with E-state index in [9.17, 15) is 19.2 Å². The molecule has 0 unspecified atom stereocenters. The third kappa shape index (κ3) is 3.76. The van der Waals surface area contributed by atoms with Crippen LogP contribution in [-0.2, 0) is 9.53 Å². The molecular weight excluding hydrogens is 402 g/mol. The maximum atomic E-state index is 12.8. The van der Waals surface area contributed by atoms with Crippen LogP contribution in [0.25, 0.3) is 10.8 Å². The predicted octanol–water partition coefficient (Wildman–Crippen LogP) is 4.01. The van der Waals surface area contributed by atoms with E-state index in [-0.39, 0.29) is 43.6 Å². The van der Waals surface area contributed by atoms with Gasteiger partial charge in [0.15, 0.2) is 6.61 Å². The van der Waals surface area contributed by atoms with E-state index in [2.05, 4.69) is 0 Å². The molecule has 1 aromatic heterocycles. The maximum Gasteiger partial charge on any atom is 0.306 e. The number of ketones is 1. The first-order valence-electron chi connectivity index (χ1n) is 9.59. The van der Waals surface area contributed by atoms with Crippen molar-refractivity contribution in [1.29, 1.82) is 0 Å². The number of Topliss-reactive ketones (excluding diaryl/α,β-unsaturated/α-hetero) is 1. The monoisotopic (exact) mass is 421 g/mol. The van der Waals surface area contributed by atoms with Crippen molar-refractivity contribution in [1.82, 2.24) is 4.90 Å². The number of hydrogen-bond donors (Lipinski definition) is 0. The van der Waals surface area contributed by atoms with Crippen molar-refractivity contribution in [3.63, 3.8) is 0 Å². The molecule has 0 saturated carbocycles. The fourth-order valence-electron chi connectivity index (χ4n) is 3.54. The highest BCUT2D eigenvalue weighted by molar-refractivity contribution is 7.14. The van der Waals surface area contributed by atoms with Gasteiger partial charge in [-0.2, -0.15) is 0 Å². The van der Waals surface area contributed by atoms with E-state index in [0.717, 1.165) is 10.3 Å². The summed E-state index contributed by atoms with van der Waals surface area (Å²) in [7, 11) is 0. The van der Waals surface area contributed by atoms with Gasteiger partial charge in [-0.05, 0) is 43.0 Å². The van der Waals surface area contributed by atoms with Gasteiger partial charge in [-0.25, -0.2) is 0 Å². The number of carbonyl (C=O) groups excluding carboxylic acids is 4. The van der Waals surface area contributed by atoms with E-state index >= 15 is 0 Å². The lowest BCUT2D eigenvalue weighted by atomic mass is 9.94. The second kappa shape index (κ2) is 8.20. The minimum atomic E-state index is -0.531. The third-order valence-corrected chi connectivity index (χ3v) is 6.04. The van der Waals surface area contributed by atoms with Crippen LogP contribution in [0.15, 0.2) is 48.5 Å². The van der Waals surface area contributed by atoms with E-state index in [1.54, 1.807) is 30.3 Å². The molecule has 0 bridgehead atoms. The molecule has 3 aromatic rings. The zero-order chi connectivity index (χ0) is 21.3. The van der Waals surface area contributed by atoms with E-state index in [4.69, 9.17) is 4.74 Å². The highest BCUT2D eigenvalue weighted by Crippen LogP contribution is 2.30. The van der Waals surface area contributed by atoms with Crippen LogP contribution in [0.5, 0.6) is 0 Å². The quantitative estimate of drug-likeness (QED) is 0.327. The minimum absolute atomic E-state index is 0.0135. The summed E-state index contributed by atoms with van der Waals surface area (Å²) in [5, 5.41) is 1.52. The Labute approximate surface area is 177 Å². The first-order chi connectivity index (χ1) is 14.5. The molecule has 2 aromatic carbocycles. The average Bonchev–Trinajstić information content (AvgIpc) is 3.19. The fraction of sp³-hybridized carbons (Fsp3) is 0.217. The molecule has 0 N–H and O–H groups in total. The van der Waals surface area contributed by atoms with Crippen LogP contribution >= 0.6 is 11.3 Å². The second-order valence-corrected chi connectivity index (χ2v) is 8.36. The summed E-state index contributed by atoms with van der Waals surface area (Å²) in [5.74, 6) is -1.50. The molecule has 1 aliphatic heterocycles. The number of rotatable bonds is 7. The molecule has 2 amide bonds. The first-order valence-corrected chi connectivity index (χ1v) is 10.4. The Kier molecular flexibility index (Phi) is 5.46. The van der Waals surface area contributed by atoms with Crippen molar-refractivity contribution in [3.8, 4) is 0 Å². The predicted molar refractivity (Wildman–Crippen MR) is 113 cm³/mol. The molecule has 0 radical (unpaired) electrons. The molecule has 6 nitrogen and oxygen atoms in total. The van der Waals surface area contributed by atoms with Gasteiger partial charge in [0.2, 0.25) is 5.78 Å². The normalized spacial score (nSPS) is 13.0. The molecule has 0 fully saturated rings. The van der Waals surface area contributed by atoms with Crippen molar-refractivity contribution >= 4 is 45.7 Å². The highest BCUT2D eigenvalue weighted by atomic mass is 32.1. The second-order valence-electron chi connectivity index (χ2n) is 7.07. The van der Waals surface area contributed by atoms with E-state index in [1.807, 2.05) is 25.1 Å². The van der Waals surface area contributed by atoms with E-state index in [1.165, 1.54) is 16.2 Å². The van der Waals surface area contributed by atoms with Crippen LogP contribution in [0.2, 0.25) is 0 Å². The van der Waals surface area contributed by atoms with Gasteiger partial charge in [-0.1, -0.05) is 24.3 Å². The summed E-state index contributed by atoms with van der Waals surface area (Å²) in [6.45, 7) is 1.70. The summed E-state index contributed by atoms with van der Waals surface area (Å²) in [6.07, 6.45) is 0.278. The van der Waals surface area contributed by atoms with Crippen LogP contribution in [0.4, 0.5) is 0 Å². The van der Waals surface area contributed by atoms with E-state index in [0.29, 0.717) is 21.4 Å². The van der Waals surface area contributed by atoms with Crippen LogP contribution < -0.4 is 0 Å². The number of hydrogen-bond acceptors (Lipinski definition) is 6. The van der Waals surface area contributed by atoms with Gasteiger partial charge in [0.25, 0.3) is 11.8 Å². The van der Waals surface area contributed by atoms with Crippen LogP contribution in [-0.4, -0.2) is 41.6 Å². The lowest BCUT2D eigenvalue weighted by Gasteiger charge is -2.27. The van der Waals surface area contributed by atoms with Gasteiger partial charge in [0, 0.05) is 34.4 Å². The summed E-state index contributed by atoms with van der Waals surface area (Å²) in [4.78, 5) is 52.3. The Morgan fingerprint density at radius 2 is 1.63 bits per heavy atom. The molecule has 4 rings (SSSR count). The van der Waals surface area contributed by atoms with Crippen LogP contribution in [0, 0.1) is 6.92 Å². The number of imide groups is 1. The molecule has 152 valence electrons. The summed E-state index contributed by atoms with van der Waals surface area (Å²) in [6, 6.07) is 14.3. The van der Waals surface area contributed by atoms with Crippen molar-refractivity contribution in [2.24, 2.45) is 0 Å². The fourth-order valence-corrected chi connectivity index (χ4v) is 4.33. The Hall–Kier alpha value is -3.32. The zero-order valence-corrected chi connectivity index (χ0v) is 17.2. The number of aryl methyl sites for hydroxylation is 1. The van der Waals surface area contributed by atoms with Gasteiger partial charge >= 0.3 is 5.97 Å². The topological polar surface area (TPSA) is 80.8 Å². The molecule has 30 heavy (non-hydrogen) atoms. The van der Waals surface area contributed by atoms with Crippen LogP contribution in [0.1, 0.15) is 48.1 Å². The number of esters is 1. The Morgan fingerprint density at radius 3 is 2.23 bits per heavy atom. The van der Waals surface area contributed by atoms with Crippen LogP contribution in [0.3, 0.4) is 0 Å². The molecular formula is C23H19NO5S. The number of nitrogens with zero attached hydrogens (tertiary/aromatic N) is 1. The van der Waals surface area contributed by atoms with Crippen molar-refractivity contribution in [3.05, 3.63) is 69.4 Å². The number of ether oxygens (including phenoxy) is 1. The third-order valence-electron chi connectivity index (χ3n) is 5.00. The molecule has 7 heteroatoms. The molecule has 0 saturated heterocycles. The highest BCUT2D eigenvalue weighted by Gasteiger charge is 2.32. The Morgan fingerprint density at radius 1 is 0.967 bits per heavy atom. The van der Waals surface area contributed by atoms with Gasteiger partial charge in [0.1, 0.15) is 0 Å². The molecule has 0 atom stereocenters. The summed E-state index contributed by atoms with van der Waals surface area (Å²) >= 11 is 1.35. The summed E-state index contributed by atoms with van der Waals surface area (Å²) < 4.78 is 5.04. The SMILES string of the molecule is Cc1ccc(C(=O)COC(=O)CCCN2C(=O)c3cccc4cccc(c34)C2=O)s1. The largest absolute Gasteiger partial charge is 0.457 e. The molecule has 0 aliphatic carbocycles. The van der Waals surface area contributed by atoms with Crippen molar-refractivity contribution < 1.29 is 23.9 Å². The minimum Gasteiger partial charge on any atom is -0.457 e. The number of thiophene rings is 1. The molecule has 1 aliphatic rings. The Balaban J connectivity index is 1.34. The first kappa shape index (κ1) is 20.0. The Bertz CT molecular complexity index is 1130. The van der Waals surface area contributed by atoms with Crippen molar-refractivity contribution in [2.45, 2.75) is 19.8 Å². The number of benzene rings is 2. The number of amides is 2. The zero-order valence-electron chi connectivity index (χ0n) is 16.3. The lowest BCUT2D eigenvalue weighted by Crippen LogP contribution is -2.41. The standard InChI is InChI=1S/C23H19NO5S/c1-14-10-11-19(30-14)18(25)13-29-20(26)9-4-12-24-22(27)16-7-2-5-15-6-3-8-17(21(15)16)23(24)28/h2-3,5-8,10-11H,4,9,12-13H2,1H3. The van der Waals surface area contributed by atoms with Gasteiger partial charge in [-0.3, -0.25) is 24.1 Å². The van der Waals surface area contributed by atoms with Gasteiger partial charge < -0.3 is 4.74 Å². The summed E-state index contributed by atoms with van der Waals surface area (Å²) in [5.41, 5.74) is 0.976. The van der Waals surface area contributed by atoms with Gasteiger partial charge in [0.05, 0.1) is 4.88 Å². The lowest BCUT2D eigenvalue weighted by molar-refractivity contribution is -0.142. The average molecular weight is 421 g/mol. The van der Waals surface area contributed by atoms with Gasteiger partial charge in [-0.15, -0.1) is 11.3 Å². The number of carbonyl (C=O) groups is 4. The van der Waals surface area contributed by atoms with Crippen molar-refractivity contribution in [2.75, 3.05) is 13.2 Å². The van der Waals surface area contributed by atoms with E-state index < -0.39 is 5.97 Å². The molecule has 2 heterocycles.